The molecule has 0 aromatic heterocycles. The van der Waals surface area contributed by atoms with Gasteiger partial charge in [0, 0.05) is 26.1 Å². The second kappa shape index (κ2) is 5.41. The number of nitrogens with one attached hydrogen (secondary N) is 1. The maximum Gasteiger partial charge on any atom is 0.403 e. The number of rotatable bonds is 5. The summed E-state index contributed by atoms with van der Waals surface area (Å²) in [6.07, 6.45) is -4.98. The van der Waals surface area contributed by atoms with E-state index in [1.807, 2.05) is 0 Å². The molecule has 0 spiro atoms. The molecule has 18 heavy (non-hydrogen) atoms. The molecule has 0 aromatic rings. The summed E-state index contributed by atoms with van der Waals surface area (Å²) in [7, 11) is 0. The highest BCUT2D eigenvalue weighted by Crippen LogP contribution is 2.27. The second-order valence-electron chi connectivity index (χ2n) is 4.43. The van der Waals surface area contributed by atoms with Crippen LogP contribution < -0.4 is 5.32 Å². The number of hydrogen-bond acceptors (Lipinski definition) is 4. The molecule has 0 amide bonds. The minimum absolute atomic E-state index is 0.131. The van der Waals surface area contributed by atoms with Gasteiger partial charge in [0.1, 0.15) is 5.60 Å². The van der Waals surface area contributed by atoms with Gasteiger partial charge in [-0.2, -0.15) is 13.2 Å². The summed E-state index contributed by atoms with van der Waals surface area (Å²) in [6, 6.07) is 0. The fourth-order valence-electron chi connectivity index (χ4n) is 1.78. The van der Waals surface area contributed by atoms with Gasteiger partial charge in [-0.15, -0.1) is 0 Å². The van der Waals surface area contributed by atoms with Gasteiger partial charge < -0.3 is 20.3 Å². The van der Waals surface area contributed by atoms with E-state index < -0.39 is 36.3 Å². The van der Waals surface area contributed by atoms with Gasteiger partial charge in [0.05, 0.1) is 6.10 Å². The number of halogens is 3. The number of aliphatic hydroxyl groups is 1. The summed E-state index contributed by atoms with van der Waals surface area (Å²) >= 11 is 0. The van der Waals surface area contributed by atoms with Gasteiger partial charge >= 0.3 is 12.1 Å². The van der Waals surface area contributed by atoms with Gasteiger partial charge in [-0.25, -0.2) is 0 Å². The number of hydrogen-bond donors (Lipinski definition) is 3. The van der Waals surface area contributed by atoms with Crippen molar-refractivity contribution in [2.24, 2.45) is 5.92 Å². The highest BCUT2D eigenvalue weighted by molar-refractivity contribution is 5.71. The van der Waals surface area contributed by atoms with Gasteiger partial charge in [0.2, 0.25) is 0 Å². The van der Waals surface area contributed by atoms with Crippen molar-refractivity contribution in [3.8, 4) is 0 Å². The fourth-order valence-corrected chi connectivity index (χ4v) is 1.78. The van der Waals surface area contributed by atoms with Crippen LogP contribution in [0.25, 0.3) is 0 Å². The predicted molar refractivity (Wildman–Crippen MR) is 55.0 cm³/mol. The summed E-state index contributed by atoms with van der Waals surface area (Å²) < 4.78 is 42.1. The van der Waals surface area contributed by atoms with Crippen LogP contribution in [-0.4, -0.2) is 53.8 Å². The molecular weight excluding hydrogens is 255 g/mol. The highest BCUT2D eigenvalue weighted by atomic mass is 19.4. The van der Waals surface area contributed by atoms with Crippen LogP contribution in [-0.2, 0) is 9.53 Å². The second-order valence-corrected chi connectivity index (χ2v) is 4.43. The Labute approximate surface area is 102 Å². The number of ether oxygens (including phenoxy) is 1. The predicted octanol–water partition coefficient (Wildman–Crippen LogP) is 0.379. The first-order valence-electron chi connectivity index (χ1n) is 5.51. The quantitative estimate of drug-likeness (QED) is 0.673. The van der Waals surface area contributed by atoms with E-state index in [1.54, 1.807) is 6.92 Å². The van der Waals surface area contributed by atoms with Crippen LogP contribution in [0.4, 0.5) is 13.2 Å². The van der Waals surface area contributed by atoms with Gasteiger partial charge in [0.25, 0.3) is 0 Å². The van der Waals surface area contributed by atoms with Crippen molar-refractivity contribution in [1.82, 2.24) is 5.32 Å². The third-order valence-corrected chi connectivity index (χ3v) is 3.13. The van der Waals surface area contributed by atoms with Crippen molar-refractivity contribution >= 4 is 5.97 Å². The topological polar surface area (TPSA) is 78.8 Å². The summed E-state index contributed by atoms with van der Waals surface area (Å²) in [6.45, 7) is 1.05. The Bertz CT molecular complexity index is 310. The summed E-state index contributed by atoms with van der Waals surface area (Å²) in [5.41, 5.74) is -1.24. The lowest BCUT2D eigenvalue weighted by Gasteiger charge is -2.27. The molecule has 0 aliphatic carbocycles. The molecule has 3 N–H and O–H groups in total. The maximum absolute atomic E-state index is 12.3. The van der Waals surface area contributed by atoms with Crippen LogP contribution >= 0.6 is 0 Å². The van der Waals surface area contributed by atoms with E-state index in [9.17, 15) is 23.1 Å². The zero-order valence-corrected chi connectivity index (χ0v) is 9.83. The summed E-state index contributed by atoms with van der Waals surface area (Å²) in [4.78, 5) is 10.5. The maximum atomic E-state index is 12.3. The molecule has 8 heteroatoms. The number of carbonyl (C=O) groups is 1. The van der Waals surface area contributed by atoms with Crippen LogP contribution in [0.5, 0.6) is 0 Å². The van der Waals surface area contributed by atoms with Crippen molar-refractivity contribution in [3.05, 3.63) is 0 Å². The lowest BCUT2D eigenvalue weighted by molar-refractivity contribution is -0.192. The Kier molecular flexibility index (Phi) is 4.57. The number of carboxylic acids is 1. The van der Waals surface area contributed by atoms with E-state index in [0.717, 1.165) is 0 Å². The van der Waals surface area contributed by atoms with E-state index in [2.05, 4.69) is 5.32 Å². The molecule has 1 saturated heterocycles. The minimum atomic E-state index is -4.81. The Morgan fingerprint density at radius 3 is 2.61 bits per heavy atom. The van der Waals surface area contributed by atoms with Crippen LogP contribution in [0.1, 0.15) is 13.3 Å². The smallest absolute Gasteiger partial charge is 0.403 e. The minimum Gasteiger partial charge on any atom is -0.481 e. The molecule has 0 saturated carbocycles. The molecule has 106 valence electrons. The Morgan fingerprint density at radius 2 is 2.22 bits per heavy atom. The van der Waals surface area contributed by atoms with Crippen molar-refractivity contribution in [2.45, 2.75) is 31.2 Å². The van der Waals surface area contributed by atoms with E-state index in [1.165, 1.54) is 0 Å². The Balaban J connectivity index is 2.47. The first-order valence-corrected chi connectivity index (χ1v) is 5.51. The van der Waals surface area contributed by atoms with E-state index in [4.69, 9.17) is 9.84 Å². The van der Waals surface area contributed by atoms with Crippen LogP contribution in [0.3, 0.4) is 0 Å². The number of aliphatic carboxylic acids is 1. The van der Waals surface area contributed by atoms with Gasteiger partial charge in [-0.3, -0.25) is 4.79 Å². The summed E-state index contributed by atoms with van der Waals surface area (Å²) in [5, 5.41) is 20.8. The molecule has 1 aliphatic rings. The third kappa shape index (κ3) is 3.56. The van der Waals surface area contributed by atoms with Gasteiger partial charge in [0.15, 0.2) is 5.92 Å². The molecule has 1 aliphatic heterocycles. The van der Waals surface area contributed by atoms with Crippen molar-refractivity contribution in [3.63, 3.8) is 0 Å². The largest absolute Gasteiger partial charge is 0.481 e. The fraction of sp³-hybridized carbons (Fsp3) is 0.900. The monoisotopic (exact) mass is 271 g/mol. The molecule has 5 nitrogen and oxygen atoms in total. The molecule has 1 rings (SSSR count). The summed E-state index contributed by atoms with van der Waals surface area (Å²) in [5.74, 6) is -4.41. The van der Waals surface area contributed by atoms with Gasteiger partial charge in [-0.05, 0) is 6.92 Å². The molecular formula is C10H16F3NO4. The molecule has 3 unspecified atom stereocenters. The van der Waals surface area contributed by atoms with Gasteiger partial charge in [-0.1, -0.05) is 0 Å². The first kappa shape index (κ1) is 15.2. The third-order valence-electron chi connectivity index (χ3n) is 3.13. The molecule has 0 aromatic carbocycles. The van der Waals surface area contributed by atoms with Crippen LogP contribution in [0.2, 0.25) is 0 Å². The lowest BCUT2D eigenvalue weighted by atomic mass is 9.96. The molecule has 1 heterocycles. The molecule has 0 bridgehead atoms. The normalized spacial score (nSPS) is 30.4. The van der Waals surface area contributed by atoms with E-state index in [-0.39, 0.29) is 6.54 Å². The van der Waals surface area contributed by atoms with Crippen LogP contribution in [0.15, 0.2) is 0 Å². The Hall–Kier alpha value is -0.860. The van der Waals surface area contributed by atoms with Crippen molar-refractivity contribution < 1.29 is 32.9 Å². The molecule has 1 fully saturated rings. The zero-order chi connectivity index (χ0) is 14.0. The standard InChI is InChI=1S/C10H16F3NO4/c1-6-9(17,2-3-18-6)5-14-4-7(8(15)16)10(11,12)13/h6-7,14,17H,2-5H2,1H3,(H,15,16). The number of carboxylic acid groups (broad SMARTS) is 1. The van der Waals surface area contributed by atoms with Crippen molar-refractivity contribution in [2.75, 3.05) is 19.7 Å². The van der Waals surface area contributed by atoms with E-state index in [0.29, 0.717) is 13.0 Å². The number of alkyl halides is 3. The lowest BCUT2D eigenvalue weighted by Crippen LogP contribution is -2.49. The average molecular weight is 271 g/mol. The van der Waals surface area contributed by atoms with Crippen molar-refractivity contribution in [1.29, 1.82) is 0 Å². The molecule has 3 atom stereocenters. The first-order chi connectivity index (χ1) is 8.17. The zero-order valence-electron chi connectivity index (χ0n) is 9.83. The Morgan fingerprint density at radius 1 is 1.61 bits per heavy atom. The highest BCUT2D eigenvalue weighted by Gasteiger charge is 2.45. The van der Waals surface area contributed by atoms with E-state index >= 15 is 0 Å². The van der Waals surface area contributed by atoms with Crippen LogP contribution in [0, 0.1) is 5.92 Å². The SMILES string of the molecule is CC1OCCC1(O)CNCC(C(=O)O)C(F)(F)F. The molecule has 0 radical (unpaired) electrons. The average Bonchev–Trinajstić information content (AvgIpc) is 2.52.